The average Bonchev–Trinajstić information content (AvgIpc) is 3.23. The minimum atomic E-state index is 0.309. The number of hydrogen-bond donors (Lipinski definition) is 0. The minimum Gasteiger partial charge on any atom is -0.343 e. The van der Waals surface area contributed by atoms with Crippen molar-refractivity contribution < 1.29 is 0 Å². The molecule has 1 saturated carbocycles. The number of nitrogens with zero attached hydrogens (tertiary/aromatic N) is 5. The maximum absolute atomic E-state index is 6.25. The highest BCUT2D eigenvalue weighted by atomic mass is 35.5. The zero-order valence-corrected chi connectivity index (χ0v) is 14.4. The third-order valence-electron chi connectivity index (χ3n) is 5.18. The van der Waals surface area contributed by atoms with Crippen molar-refractivity contribution in [3.63, 3.8) is 0 Å². The van der Waals surface area contributed by atoms with Gasteiger partial charge in [0.1, 0.15) is 5.69 Å². The first kappa shape index (κ1) is 14.9. The fraction of sp³-hybridized carbons (Fsp3) is 0.588. The third-order valence-corrected chi connectivity index (χ3v) is 5.35. The zero-order chi connectivity index (χ0) is 16.0. The van der Waals surface area contributed by atoms with E-state index in [0.29, 0.717) is 17.4 Å². The molecule has 0 aromatic carbocycles. The summed E-state index contributed by atoms with van der Waals surface area (Å²) in [5.74, 6) is 0.992. The highest BCUT2D eigenvalue weighted by molar-refractivity contribution is 6.28. The van der Waals surface area contributed by atoms with Crippen molar-refractivity contribution in [2.45, 2.75) is 64.5 Å². The second-order valence-corrected chi connectivity index (χ2v) is 6.76. The molecule has 2 aromatic rings. The van der Waals surface area contributed by atoms with E-state index >= 15 is 0 Å². The van der Waals surface area contributed by atoms with Gasteiger partial charge in [-0.15, -0.1) is 0 Å². The second kappa shape index (κ2) is 5.78. The molecule has 0 N–H and O–H groups in total. The zero-order valence-electron chi connectivity index (χ0n) is 13.7. The van der Waals surface area contributed by atoms with Crippen LogP contribution in [-0.2, 0) is 6.42 Å². The van der Waals surface area contributed by atoms with E-state index in [2.05, 4.69) is 38.3 Å². The summed E-state index contributed by atoms with van der Waals surface area (Å²) in [6.07, 6.45) is 10.8. The van der Waals surface area contributed by atoms with Crippen LogP contribution in [0.5, 0.6) is 0 Å². The van der Waals surface area contributed by atoms with Crippen LogP contribution in [-0.4, -0.2) is 25.6 Å². The molecule has 0 radical (unpaired) electrons. The summed E-state index contributed by atoms with van der Waals surface area (Å²) < 4.78 is 2.17. The summed E-state index contributed by atoms with van der Waals surface area (Å²) in [4.78, 5) is 16.0. The van der Waals surface area contributed by atoms with Crippen molar-refractivity contribution >= 4 is 17.4 Å². The predicted molar refractivity (Wildman–Crippen MR) is 91.3 cm³/mol. The molecule has 0 amide bonds. The van der Waals surface area contributed by atoms with Gasteiger partial charge < -0.3 is 4.90 Å². The molecule has 5 nitrogen and oxygen atoms in total. The Morgan fingerprint density at radius 1 is 1.22 bits per heavy atom. The first-order valence-corrected chi connectivity index (χ1v) is 8.99. The molecular weight excluding hydrogens is 310 g/mol. The summed E-state index contributed by atoms with van der Waals surface area (Å²) in [5.41, 5.74) is 3.31. The number of halogens is 1. The van der Waals surface area contributed by atoms with Crippen LogP contribution >= 0.6 is 11.6 Å². The molecule has 4 rings (SSSR count). The largest absolute Gasteiger partial charge is 0.343 e. The van der Waals surface area contributed by atoms with Crippen LogP contribution in [0.4, 0.5) is 5.82 Å². The van der Waals surface area contributed by atoms with Crippen LogP contribution in [0, 0.1) is 0 Å². The van der Waals surface area contributed by atoms with Gasteiger partial charge in [-0.3, -0.25) is 4.57 Å². The van der Waals surface area contributed by atoms with Crippen LogP contribution in [0.1, 0.15) is 63.4 Å². The van der Waals surface area contributed by atoms with Gasteiger partial charge in [-0.2, -0.15) is 4.98 Å². The average molecular weight is 332 g/mol. The number of anilines is 1. The smallest absolute Gasteiger partial charge is 0.224 e. The molecule has 0 saturated heterocycles. The van der Waals surface area contributed by atoms with E-state index in [1.54, 1.807) is 0 Å². The van der Waals surface area contributed by atoms with E-state index in [4.69, 9.17) is 11.6 Å². The van der Waals surface area contributed by atoms with E-state index in [1.165, 1.54) is 31.4 Å². The third kappa shape index (κ3) is 2.24. The molecule has 1 atom stereocenters. The second-order valence-electron chi connectivity index (χ2n) is 6.42. The van der Waals surface area contributed by atoms with Crippen LogP contribution in [0.2, 0.25) is 5.28 Å². The fourth-order valence-corrected chi connectivity index (χ4v) is 4.36. The lowest BCUT2D eigenvalue weighted by Gasteiger charge is -2.42. The lowest BCUT2D eigenvalue weighted by atomic mass is 10.0. The van der Waals surface area contributed by atoms with Gasteiger partial charge in [0.05, 0.1) is 30.0 Å². The van der Waals surface area contributed by atoms with Gasteiger partial charge in [0.15, 0.2) is 5.82 Å². The van der Waals surface area contributed by atoms with E-state index < -0.39 is 0 Å². The van der Waals surface area contributed by atoms with Gasteiger partial charge in [-0.1, -0.05) is 26.7 Å². The summed E-state index contributed by atoms with van der Waals surface area (Å²) in [6.45, 7) is 4.35. The van der Waals surface area contributed by atoms with E-state index in [-0.39, 0.29) is 0 Å². The predicted octanol–water partition coefficient (Wildman–Crippen LogP) is 4.09. The lowest BCUT2D eigenvalue weighted by Crippen LogP contribution is -2.42. The first-order valence-electron chi connectivity index (χ1n) is 8.62. The summed E-state index contributed by atoms with van der Waals surface area (Å²) in [6, 6.07) is 0.849. The highest BCUT2D eigenvalue weighted by Crippen LogP contribution is 2.44. The van der Waals surface area contributed by atoms with Crippen molar-refractivity contribution in [3.05, 3.63) is 29.2 Å². The van der Waals surface area contributed by atoms with Gasteiger partial charge in [0, 0.05) is 6.04 Å². The normalized spacial score (nSPS) is 20.7. The van der Waals surface area contributed by atoms with Crippen LogP contribution in [0.3, 0.4) is 0 Å². The molecule has 23 heavy (non-hydrogen) atoms. The minimum absolute atomic E-state index is 0.309. The Kier molecular flexibility index (Phi) is 3.76. The maximum atomic E-state index is 6.25. The number of aryl methyl sites for hydroxylation is 1. The molecule has 3 heterocycles. The Bertz CT molecular complexity index is 720. The Balaban J connectivity index is 1.96. The molecule has 1 aliphatic heterocycles. The molecule has 2 aliphatic rings. The standard InChI is InChI=1S/C17H22ClN5/c1-3-12-15-16(21-17(18)20-12)23(11-7-5-6-8-11)13(4-2)14-9-19-10-22(14)15/h9-11,13H,3-8H2,1-2H3/t13-/m1/s1. The topological polar surface area (TPSA) is 46.8 Å². The van der Waals surface area contributed by atoms with Crippen molar-refractivity contribution in [2.75, 3.05) is 4.90 Å². The van der Waals surface area contributed by atoms with Gasteiger partial charge in [0.25, 0.3) is 0 Å². The van der Waals surface area contributed by atoms with Crippen molar-refractivity contribution in [2.24, 2.45) is 0 Å². The van der Waals surface area contributed by atoms with Gasteiger partial charge in [-0.25, -0.2) is 9.97 Å². The van der Waals surface area contributed by atoms with E-state index in [9.17, 15) is 0 Å². The molecule has 1 aliphatic carbocycles. The maximum Gasteiger partial charge on any atom is 0.224 e. The summed E-state index contributed by atoms with van der Waals surface area (Å²) in [7, 11) is 0. The highest BCUT2D eigenvalue weighted by Gasteiger charge is 2.38. The molecule has 0 unspecified atom stereocenters. The Morgan fingerprint density at radius 3 is 2.70 bits per heavy atom. The van der Waals surface area contributed by atoms with Crippen LogP contribution < -0.4 is 4.90 Å². The number of fused-ring (bicyclic) bond motifs is 3. The molecule has 2 aromatic heterocycles. The van der Waals surface area contributed by atoms with Crippen molar-refractivity contribution in [3.8, 4) is 5.69 Å². The molecule has 0 bridgehead atoms. The summed E-state index contributed by atoms with van der Waals surface area (Å²) in [5, 5.41) is 0.349. The fourth-order valence-electron chi connectivity index (χ4n) is 4.18. The van der Waals surface area contributed by atoms with Crippen LogP contribution in [0.25, 0.3) is 5.69 Å². The number of aromatic nitrogens is 4. The molecule has 0 spiro atoms. The number of rotatable bonds is 3. The molecule has 6 heteroatoms. The lowest BCUT2D eigenvalue weighted by molar-refractivity contribution is 0.477. The SMILES string of the molecule is CCc1nc(Cl)nc2c1-n1cncc1[C@@H](CC)N2C1CCCC1. The van der Waals surface area contributed by atoms with Gasteiger partial charge in [0.2, 0.25) is 5.28 Å². The number of imidazole rings is 1. The first-order chi connectivity index (χ1) is 11.2. The Labute approximate surface area is 141 Å². The van der Waals surface area contributed by atoms with Gasteiger partial charge >= 0.3 is 0 Å². The van der Waals surface area contributed by atoms with Crippen LogP contribution in [0.15, 0.2) is 12.5 Å². The van der Waals surface area contributed by atoms with Crippen molar-refractivity contribution in [1.82, 2.24) is 19.5 Å². The Hall–Kier alpha value is -1.62. The molecule has 122 valence electrons. The molecular formula is C17H22ClN5. The van der Waals surface area contributed by atoms with Gasteiger partial charge in [-0.05, 0) is 37.3 Å². The Morgan fingerprint density at radius 2 is 2.00 bits per heavy atom. The van der Waals surface area contributed by atoms with Crippen molar-refractivity contribution in [1.29, 1.82) is 0 Å². The van der Waals surface area contributed by atoms with E-state index in [0.717, 1.165) is 30.0 Å². The monoisotopic (exact) mass is 331 g/mol. The number of hydrogen-bond acceptors (Lipinski definition) is 4. The van der Waals surface area contributed by atoms with E-state index in [1.807, 2.05) is 12.5 Å². The quantitative estimate of drug-likeness (QED) is 0.795. The molecule has 1 fully saturated rings. The summed E-state index contributed by atoms with van der Waals surface area (Å²) >= 11 is 6.25.